The monoisotopic (exact) mass is 437 g/mol. The molecule has 1 aromatic heterocycles. The minimum atomic E-state index is -0.252. The van der Waals surface area contributed by atoms with Crippen LogP contribution in [0, 0.1) is 0 Å². The maximum absolute atomic E-state index is 13.1. The Morgan fingerprint density at radius 2 is 1.69 bits per heavy atom. The van der Waals surface area contributed by atoms with E-state index in [-0.39, 0.29) is 17.5 Å². The third kappa shape index (κ3) is 4.91. The minimum absolute atomic E-state index is 0.0666. The number of methoxy groups -OCH3 is 2. The fourth-order valence-electron chi connectivity index (χ4n) is 3.23. The molecule has 3 aromatic rings. The lowest BCUT2D eigenvalue weighted by Gasteiger charge is -2.20. The van der Waals surface area contributed by atoms with Crippen LogP contribution in [-0.4, -0.2) is 61.6 Å². The Morgan fingerprint density at radius 3 is 2.28 bits per heavy atom. The zero-order valence-corrected chi connectivity index (χ0v) is 18.9. The van der Waals surface area contributed by atoms with Crippen LogP contribution < -0.4 is 9.47 Å². The maximum Gasteiger partial charge on any atom is 0.276 e. The van der Waals surface area contributed by atoms with Gasteiger partial charge >= 0.3 is 0 Å². The number of rotatable bonds is 8. The molecule has 32 heavy (non-hydrogen) atoms. The second kappa shape index (κ2) is 10.00. The highest BCUT2D eigenvalue weighted by Crippen LogP contribution is 2.34. The van der Waals surface area contributed by atoms with E-state index in [1.165, 1.54) is 4.90 Å². The molecule has 2 amide bonds. The third-order valence-corrected chi connectivity index (χ3v) is 5.05. The Kier molecular flexibility index (Phi) is 7.14. The van der Waals surface area contributed by atoms with E-state index in [1.807, 2.05) is 19.1 Å². The molecule has 168 valence electrons. The van der Waals surface area contributed by atoms with Gasteiger partial charge in [-0.1, -0.05) is 17.3 Å². The van der Waals surface area contributed by atoms with Crippen molar-refractivity contribution in [2.45, 2.75) is 13.5 Å². The summed E-state index contributed by atoms with van der Waals surface area (Å²) in [7, 11) is 6.55. The van der Waals surface area contributed by atoms with Gasteiger partial charge in [-0.3, -0.25) is 9.59 Å². The van der Waals surface area contributed by atoms with Crippen molar-refractivity contribution in [2.24, 2.45) is 0 Å². The van der Waals surface area contributed by atoms with Gasteiger partial charge in [0.2, 0.25) is 0 Å². The molecule has 0 bridgehead atoms. The highest BCUT2D eigenvalue weighted by atomic mass is 16.5. The number of carbonyl (C=O) groups excluding carboxylic acids is 2. The van der Waals surface area contributed by atoms with E-state index in [9.17, 15) is 9.59 Å². The van der Waals surface area contributed by atoms with Crippen LogP contribution >= 0.6 is 0 Å². The van der Waals surface area contributed by atoms with Gasteiger partial charge in [0.15, 0.2) is 11.5 Å². The van der Waals surface area contributed by atoms with Gasteiger partial charge in [0.05, 0.1) is 19.8 Å². The minimum Gasteiger partial charge on any atom is -0.497 e. The molecular formula is C24H27N3O5. The van der Waals surface area contributed by atoms with Crippen molar-refractivity contribution >= 4 is 11.8 Å². The molecule has 3 rings (SSSR count). The fraction of sp³-hybridized carbons (Fsp3) is 0.292. The summed E-state index contributed by atoms with van der Waals surface area (Å²) in [5, 5.41) is 3.98. The molecule has 0 aliphatic carbocycles. The van der Waals surface area contributed by atoms with E-state index < -0.39 is 0 Å². The summed E-state index contributed by atoms with van der Waals surface area (Å²) in [4.78, 5) is 28.3. The third-order valence-electron chi connectivity index (χ3n) is 5.05. The average molecular weight is 437 g/mol. The molecule has 0 unspecified atom stereocenters. The molecule has 0 saturated carbocycles. The Hall–Kier alpha value is -3.81. The Labute approximate surface area is 187 Å². The lowest BCUT2D eigenvalue weighted by molar-refractivity contribution is 0.0741. The summed E-state index contributed by atoms with van der Waals surface area (Å²) in [5.74, 6) is 1.31. The van der Waals surface area contributed by atoms with Crippen LogP contribution in [-0.2, 0) is 6.54 Å². The van der Waals surface area contributed by atoms with Crippen molar-refractivity contribution in [3.8, 4) is 22.8 Å². The molecule has 1 heterocycles. The van der Waals surface area contributed by atoms with Crippen molar-refractivity contribution in [3.63, 3.8) is 0 Å². The maximum atomic E-state index is 13.1. The summed E-state index contributed by atoms with van der Waals surface area (Å²) < 4.78 is 16.1. The molecule has 0 radical (unpaired) electrons. The van der Waals surface area contributed by atoms with Gasteiger partial charge in [-0.2, -0.15) is 0 Å². The van der Waals surface area contributed by atoms with Gasteiger partial charge in [-0.05, 0) is 42.8 Å². The average Bonchev–Trinajstić information content (AvgIpc) is 3.31. The van der Waals surface area contributed by atoms with E-state index in [2.05, 4.69) is 5.16 Å². The summed E-state index contributed by atoms with van der Waals surface area (Å²) in [6.07, 6.45) is 0. The second-order valence-electron chi connectivity index (χ2n) is 7.36. The molecule has 8 heteroatoms. The zero-order chi connectivity index (χ0) is 23.3. The van der Waals surface area contributed by atoms with Crippen LogP contribution in [0.5, 0.6) is 11.5 Å². The molecule has 0 fully saturated rings. The van der Waals surface area contributed by atoms with Crippen LogP contribution in [0.1, 0.15) is 33.3 Å². The van der Waals surface area contributed by atoms with E-state index in [1.54, 1.807) is 69.6 Å². The van der Waals surface area contributed by atoms with Gasteiger partial charge in [0, 0.05) is 38.8 Å². The molecule has 0 aliphatic heterocycles. The molecule has 0 N–H and O–H groups in total. The van der Waals surface area contributed by atoms with Crippen LogP contribution in [0.25, 0.3) is 11.3 Å². The Bertz CT molecular complexity index is 1090. The van der Waals surface area contributed by atoms with Crippen LogP contribution in [0.3, 0.4) is 0 Å². The number of aromatic nitrogens is 1. The van der Waals surface area contributed by atoms with Crippen molar-refractivity contribution in [1.82, 2.24) is 15.0 Å². The normalized spacial score (nSPS) is 10.5. The molecule has 0 aliphatic rings. The van der Waals surface area contributed by atoms with Crippen molar-refractivity contribution in [3.05, 3.63) is 65.4 Å². The number of carbonyl (C=O) groups is 2. The van der Waals surface area contributed by atoms with Gasteiger partial charge in [-0.25, -0.2) is 0 Å². The van der Waals surface area contributed by atoms with Crippen molar-refractivity contribution < 1.29 is 23.6 Å². The fourth-order valence-corrected chi connectivity index (χ4v) is 3.23. The first-order valence-corrected chi connectivity index (χ1v) is 10.2. The summed E-state index contributed by atoms with van der Waals surface area (Å²) in [6, 6.07) is 14.1. The molecule has 0 saturated heterocycles. The number of nitrogens with zero attached hydrogens (tertiary/aromatic N) is 3. The van der Waals surface area contributed by atoms with Crippen molar-refractivity contribution in [1.29, 1.82) is 0 Å². The highest BCUT2D eigenvalue weighted by Gasteiger charge is 2.21. The number of benzene rings is 2. The van der Waals surface area contributed by atoms with Gasteiger partial charge in [0.1, 0.15) is 11.5 Å². The SMILES string of the molecule is CCN(Cc1ccc(C(=O)N(C)C)cc1)C(=O)c1cc(-c2cc(OC)ccc2OC)on1. The van der Waals surface area contributed by atoms with E-state index in [4.69, 9.17) is 14.0 Å². The smallest absolute Gasteiger partial charge is 0.276 e. The van der Waals surface area contributed by atoms with Crippen LogP contribution in [0.2, 0.25) is 0 Å². The summed E-state index contributed by atoms with van der Waals surface area (Å²) in [5.41, 5.74) is 2.35. The topological polar surface area (TPSA) is 85.1 Å². The highest BCUT2D eigenvalue weighted by molar-refractivity contribution is 5.94. The van der Waals surface area contributed by atoms with Gasteiger partial charge < -0.3 is 23.8 Å². The molecule has 0 spiro atoms. The Morgan fingerprint density at radius 1 is 0.969 bits per heavy atom. The predicted molar refractivity (Wildman–Crippen MR) is 120 cm³/mol. The quantitative estimate of drug-likeness (QED) is 0.534. The number of hydrogen-bond acceptors (Lipinski definition) is 6. The summed E-state index contributed by atoms with van der Waals surface area (Å²) in [6.45, 7) is 2.77. The number of amides is 2. The van der Waals surface area contributed by atoms with E-state index in [0.717, 1.165) is 5.56 Å². The van der Waals surface area contributed by atoms with Crippen LogP contribution in [0.15, 0.2) is 53.1 Å². The molecule has 0 atom stereocenters. The van der Waals surface area contributed by atoms with E-state index in [0.29, 0.717) is 41.5 Å². The first kappa shape index (κ1) is 22.9. The molecule has 2 aromatic carbocycles. The van der Waals surface area contributed by atoms with Gasteiger partial charge in [-0.15, -0.1) is 0 Å². The first-order valence-electron chi connectivity index (χ1n) is 10.2. The standard InChI is InChI=1S/C24H27N3O5/c1-6-27(15-16-7-9-17(10-8-16)23(28)26(2)3)24(29)20-14-22(32-25-20)19-13-18(30-4)11-12-21(19)31-5/h7-14H,6,15H2,1-5H3. The molecule has 8 nitrogen and oxygen atoms in total. The largest absolute Gasteiger partial charge is 0.497 e. The first-order chi connectivity index (χ1) is 15.4. The van der Waals surface area contributed by atoms with Gasteiger partial charge in [0.25, 0.3) is 11.8 Å². The van der Waals surface area contributed by atoms with Crippen LogP contribution in [0.4, 0.5) is 0 Å². The lowest BCUT2D eigenvalue weighted by atomic mass is 10.1. The zero-order valence-electron chi connectivity index (χ0n) is 18.9. The van der Waals surface area contributed by atoms with E-state index >= 15 is 0 Å². The summed E-state index contributed by atoms with van der Waals surface area (Å²) >= 11 is 0. The second-order valence-corrected chi connectivity index (χ2v) is 7.36. The number of hydrogen-bond donors (Lipinski definition) is 0. The predicted octanol–water partition coefficient (Wildman–Crippen LogP) is 3.72. The molecular weight excluding hydrogens is 410 g/mol. The number of ether oxygens (including phenoxy) is 2. The van der Waals surface area contributed by atoms with Crippen molar-refractivity contribution in [2.75, 3.05) is 34.9 Å². The Balaban J connectivity index is 1.78. The lowest BCUT2D eigenvalue weighted by Crippen LogP contribution is -2.30.